The SMILES string of the molecule is Cc1nn(CC(=O)NCC(F)(F)F)c(C)c1N. The third-order valence-corrected chi connectivity index (χ3v) is 2.22. The summed E-state index contributed by atoms with van der Waals surface area (Å²) in [5.74, 6) is -0.757. The van der Waals surface area contributed by atoms with Gasteiger partial charge in [-0.15, -0.1) is 0 Å². The number of alkyl halides is 3. The van der Waals surface area contributed by atoms with Crippen LogP contribution in [0.1, 0.15) is 11.4 Å². The molecule has 0 bridgehead atoms. The van der Waals surface area contributed by atoms with Crippen LogP contribution in [-0.4, -0.2) is 28.4 Å². The summed E-state index contributed by atoms with van der Waals surface area (Å²) < 4.78 is 36.8. The van der Waals surface area contributed by atoms with E-state index in [-0.39, 0.29) is 6.54 Å². The van der Waals surface area contributed by atoms with Gasteiger partial charge in [0.05, 0.1) is 17.1 Å². The molecule has 17 heavy (non-hydrogen) atoms. The van der Waals surface area contributed by atoms with Crippen molar-refractivity contribution < 1.29 is 18.0 Å². The third-order valence-electron chi connectivity index (χ3n) is 2.22. The summed E-state index contributed by atoms with van der Waals surface area (Å²) in [5.41, 5.74) is 7.17. The molecule has 0 saturated heterocycles. The van der Waals surface area contributed by atoms with Crippen LogP contribution < -0.4 is 11.1 Å². The van der Waals surface area contributed by atoms with E-state index in [1.165, 1.54) is 4.68 Å². The van der Waals surface area contributed by atoms with E-state index < -0.39 is 18.6 Å². The van der Waals surface area contributed by atoms with Crippen LogP contribution in [0.3, 0.4) is 0 Å². The molecule has 1 aromatic rings. The molecule has 0 unspecified atom stereocenters. The van der Waals surface area contributed by atoms with Crippen LogP contribution in [0.5, 0.6) is 0 Å². The largest absolute Gasteiger partial charge is 0.405 e. The number of nitrogens with two attached hydrogens (primary N) is 1. The molecule has 3 N–H and O–H groups in total. The van der Waals surface area contributed by atoms with Crippen LogP contribution in [0.2, 0.25) is 0 Å². The predicted molar refractivity (Wildman–Crippen MR) is 55.2 cm³/mol. The molecule has 1 rings (SSSR count). The molecule has 1 amide bonds. The lowest BCUT2D eigenvalue weighted by atomic mass is 10.3. The first kappa shape index (κ1) is 13.3. The van der Waals surface area contributed by atoms with Gasteiger partial charge in [0.15, 0.2) is 0 Å². The lowest BCUT2D eigenvalue weighted by Gasteiger charge is -2.09. The lowest BCUT2D eigenvalue weighted by Crippen LogP contribution is -2.36. The van der Waals surface area contributed by atoms with Gasteiger partial charge >= 0.3 is 6.18 Å². The quantitative estimate of drug-likeness (QED) is 0.831. The number of anilines is 1. The molecule has 0 aliphatic rings. The van der Waals surface area contributed by atoms with Gasteiger partial charge in [-0.25, -0.2) is 0 Å². The second-order valence-electron chi connectivity index (χ2n) is 3.63. The number of hydrogen-bond acceptors (Lipinski definition) is 3. The first-order valence-corrected chi connectivity index (χ1v) is 4.83. The molecule has 0 aliphatic heterocycles. The third kappa shape index (κ3) is 3.65. The van der Waals surface area contributed by atoms with Crippen molar-refractivity contribution in [3.05, 3.63) is 11.4 Å². The maximum absolute atomic E-state index is 11.8. The van der Waals surface area contributed by atoms with E-state index >= 15 is 0 Å². The fourth-order valence-electron chi connectivity index (χ4n) is 1.26. The minimum atomic E-state index is -4.41. The topological polar surface area (TPSA) is 72.9 Å². The molecule has 96 valence electrons. The molecular formula is C9H13F3N4O. The normalized spacial score (nSPS) is 11.6. The van der Waals surface area contributed by atoms with Crippen molar-refractivity contribution in [2.45, 2.75) is 26.6 Å². The number of hydrogen-bond donors (Lipinski definition) is 2. The van der Waals surface area contributed by atoms with Gasteiger partial charge in [0.2, 0.25) is 5.91 Å². The minimum Gasteiger partial charge on any atom is -0.396 e. The summed E-state index contributed by atoms with van der Waals surface area (Å²) in [6.07, 6.45) is -4.41. The number of amides is 1. The summed E-state index contributed by atoms with van der Waals surface area (Å²) in [7, 11) is 0. The number of nitrogens with one attached hydrogen (secondary N) is 1. The highest BCUT2D eigenvalue weighted by Crippen LogP contribution is 2.15. The molecule has 0 saturated carbocycles. The molecule has 1 heterocycles. The number of carbonyl (C=O) groups excluding carboxylic acids is 1. The Morgan fingerprint density at radius 1 is 1.47 bits per heavy atom. The number of rotatable bonds is 3. The van der Waals surface area contributed by atoms with Crippen LogP contribution in [0, 0.1) is 13.8 Å². The zero-order chi connectivity index (χ0) is 13.2. The smallest absolute Gasteiger partial charge is 0.396 e. The Labute approximate surface area is 95.8 Å². The number of nitrogens with zero attached hydrogens (tertiary/aromatic N) is 2. The average Bonchev–Trinajstić information content (AvgIpc) is 2.43. The van der Waals surface area contributed by atoms with Gasteiger partial charge in [-0.1, -0.05) is 0 Å². The molecule has 0 radical (unpaired) electrons. The molecule has 0 aliphatic carbocycles. The highest BCUT2D eigenvalue weighted by molar-refractivity contribution is 5.76. The zero-order valence-corrected chi connectivity index (χ0v) is 9.43. The summed E-state index contributed by atoms with van der Waals surface area (Å²) in [5, 5.41) is 5.71. The highest BCUT2D eigenvalue weighted by Gasteiger charge is 2.27. The summed E-state index contributed by atoms with van der Waals surface area (Å²) in [6, 6.07) is 0. The van der Waals surface area contributed by atoms with Gasteiger partial charge in [-0.2, -0.15) is 18.3 Å². The highest BCUT2D eigenvalue weighted by atomic mass is 19.4. The van der Waals surface area contributed by atoms with Gasteiger partial charge < -0.3 is 11.1 Å². The van der Waals surface area contributed by atoms with Crippen LogP contribution in [-0.2, 0) is 11.3 Å². The average molecular weight is 250 g/mol. The van der Waals surface area contributed by atoms with Crippen molar-refractivity contribution in [2.75, 3.05) is 12.3 Å². The van der Waals surface area contributed by atoms with E-state index in [0.29, 0.717) is 17.1 Å². The summed E-state index contributed by atoms with van der Waals surface area (Å²) >= 11 is 0. The van der Waals surface area contributed by atoms with E-state index in [1.807, 2.05) is 0 Å². The maximum Gasteiger partial charge on any atom is 0.405 e. The van der Waals surface area contributed by atoms with Crippen molar-refractivity contribution in [1.82, 2.24) is 15.1 Å². The second kappa shape index (κ2) is 4.64. The number of nitrogen functional groups attached to an aromatic ring is 1. The van der Waals surface area contributed by atoms with E-state index in [2.05, 4.69) is 5.10 Å². The van der Waals surface area contributed by atoms with E-state index in [4.69, 9.17) is 5.73 Å². The fraction of sp³-hybridized carbons (Fsp3) is 0.556. The Morgan fingerprint density at radius 3 is 2.47 bits per heavy atom. The van der Waals surface area contributed by atoms with Crippen molar-refractivity contribution in [1.29, 1.82) is 0 Å². The molecular weight excluding hydrogens is 237 g/mol. The maximum atomic E-state index is 11.8. The molecule has 0 spiro atoms. The molecule has 0 aromatic carbocycles. The second-order valence-corrected chi connectivity index (χ2v) is 3.63. The van der Waals surface area contributed by atoms with Crippen molar-refractivity contribution in [2.24, 2.45) is 0 Å². The van der Waals surface area contributed by atoms with Gasteiger partial charge in [0.25, 0.3) is 0 Å². The standard InChI is InChI=1S/C9H13F3N4O/c1-5-8(13)6(2)16(15-5)3-7(17)14-4-9(10,11)12/h3-4,13H2,1-2H3,(H,14,17). The van der Waals surface area contributed by atoms with Crippen molar-refractivity contribution in [3.8, 4) is 0 Å². The Morgan fingerprint density at radius 2 is 2.06 bits per heavy atom. The van der Waals surface area contributed by atoms with Crippen molar-refractivity contribution >= 4 is 11.6 Å². The monoisotopic (exact) mass is 250 g/mol. The molecule has 5 nitrogen and oxygen atoms in total. The lowest BCUT2D eigenvalue weighted by molar-refractivity contribution is -0.138. The summed E-state index contributed by atoms with van der Waals surface area (Å²) in [6.45, 7) is 1.68. The Balaban J connectivity index is 2.60. The zero-order valence-electron chi connectivity index (χ0n) is 9.43. The summed E-state index contributed by atoms with van der Waals surface area (Å²) in [4.78, 5) is 11.2. The molecule has 1 aromatic heterocycles. The first-order chi connectivity index (χ1) is 7.70. The van der Waals surface area contributed by atoms with Crippen LogP contribution in [0.25, 0.3) is 0 Å². The number of aromatic nitrogens is 2. The number of aryl methyl sites for hydroxylation is 1. The molecule has 0 atom stereocenters. The Hall–Kier alpha value is -1.73. The Bertz CT molecular complexity index is 425. The fourth-order valence-corrected chi connectivity index (χ4v) is 1.26. The molecule has 0 fully saturated rings. The van der Waals surface area contributed by atoms with Gasteiger partial charge in [0, 0.05) is 0 Å². The Kier molecular flexibility index (Phi) is 3.64. The van der Waals surface area contributed by atoms with Crippen LogP contribution in [0.4, 0.5) is 18.9 Å². The van der Waals surface area contributed by atoms with E-state index in [9.17, 15) is 18.0 Å². The minimum absolute atomic E-state index is 0.278. The van der Waals surface area contributed by atoms with Crippen LogP contribution in [0.15, 0.2) is 0 Å². The van der Waals surface area contributed by atoms with E-state index in [0.717, 1.165) is 0 Å². The molecule has 8 heteroatoms. The number of carbonyl (C=O) groups is 1. The van der Waals surface area contributed by atoms with E-state index in [1.54, 1.807) is 19.2 Å². The van der Waals surface area contributed by atoms with Gasteiger partial charge in [0.1, 0.15) is 13.1 Å². The van der Waals surface area contributed by atoms with Crippen molar-refractivity contribution in [3.63, 3.8) is 0 Å². The van der Waals surface area contributed by atoms with Gasteiger partial charge in [-0.05, 0) is 13.8 Å². The predicted octanol–water partition coefficient (Wildman–Crippen LogP) is 0.761. The number of halogens is 3. The van der Waals surface area contributed by atoms with Crippen LogP contribution >= 0.6 is 0 Å². The first-order valence-electron chi connectivity index (χ1n) is 4.83. The van der Waals surface area contributed by atoms with Gasteiger partial charge in [-0.3, -0.25) is 9.48 Å².